The van der Waals surface area contributed by atoms with Crippen molar-refractivity contribution in [2.75, 3.05) is 32.4 Å². The molecule has 1 aromatic rings. The summed E-state index contributed by atoms with van der Waals surface area (Å²) in [4.78, 5) is 6.27. The number of sulfone groups is 1. The summed E-state index contributed by atoms with van der Waals surface area (Å²) in [5.41, 5.74) is 1.04. The predicted molar refractivity (Wildman–Crippen MR) is 95.6 cm³/mol. The molecule has 0 aliphatic carbocycles. The van der Waals surface area contributed by atoms with Crippen molar-refractivity contribution in [3.05, 3.63) is 35.6 Å². The van der Waals surface area contributed by atoms with Crippen molar-refractivity contribution >= 4 is 15.8 Å². The molecule has 5 nitrogen and oxygen atoms in total. The number of aliphatic imine (C=N–C) groups is 1. The number of nitrogens with one attached hydrogen (secondary N) is 1. The highest BCUT2D eigenvalue weighted by Crippen LogP contribution is 2.24. The number of halogens is 1. The molecule has 134 valence electrons. The molecule has 1 heterocycles. The van der Waals surface area contributed by atoms with Crippen LogP contribution in [0.1, 0.15) is 32.3 Å². The Morgan fingerprint density at radius 1 is 1.38 bits per heavy atom. The Morgan fingerprint density at radius 3 is 2.54 bits per heavy atom. The van der Waals surface area contributed by atoms with Crippen LogP contribution >= 0.6 is 0 Å². The second-order valence-corrected chi connectivity index (χ2v) is 9.62. The third-order valence-corrected chi connectivity index (χ3v) is 7.09. The van der Waals surface area contributed by atoms with Gasteiger partial charge in [0.2, 0.25) is 0 Å². The van der Waals surface area contributed by atoms with Crippen LogP contribution in [0.4, 0.5) is 4.39 Å². The lowest BCUT2D eigenvalue weighted by Gasteiger charge is -2.39. The topological polar surface area (TPSA) is 61.8 Å². The monoisotopic (exact) mass is 355 g/mol. The molecule has 1 aliphatic heterocycles. The van der Waals surface area contributed by atoms with E-state index in [1.165, 1.54) is 12.1 Å². The maximum Gasteiger partial charge on any atom is 0.193 e. The number of rotatable bonds is 3. The van der Waals surface area contributed by atoms with Crippen molar-refractivity contribution in [2.24, 2.45) is 4.99 Å². The Bertz CT molecular complexity index is 699. The smallest absolute Gasteiger partial charge is 0.193 e. The van der Waals surface area contributed by atoms with Crippen molar-refractivity contribution in [2.45, 2.75) is 31.4 Å². The van der Waals surface area contributed by atoms with Crippen molar-refractivity contribution in [1.82, 2.24) is 10.2 Å². The van der Waals surface area contributed by atoms with E-state index in [2.05, 4.69) is 17.2 Å². The minimum absolute atomic E-state index is 0.133. The summed E-state index contributed by atoms with van der Waals surface area (Å²) in [6, 6.07) is 6.47. The molecule has 0 amide bonds. The molecule has 0 spiro atoms. The van der Waals surface area contributed by atoms with E-state index in [-0.39, 0.29) is 17.5 Å². The van der Waals surface area contributed by atoms with Gasteiger partial charge in [-0.05, 0) is 37.5 Å². The van der Waals surface area contributed by atoms with Gasteiger partial charge in [0.1, 0.15) is 5.82 Å². The predicted octanol–water partition coefficient (Wildman–Crippen LogP) is 2.01. The van der Waals surface area contributed by atoms with E-state index in [1.807, 2.05) is 4.90 Å². The van der Waals surface area contributed by atoms with Gasteiger partial charge in [0.05, 0.1) is 10.5 Å². The zero-order valence-corrected chi connectivity index (χ0v) is 15.5. The fourth-order valence-corrected chi connectivity index (χ4v) is 4.18. The number of benzene rings is 1. The van der Waals surface area contributed by atoms with Gasteiger partial charge in [-0.3, -0.25) is 4.99 Å². The molecule has 1 unspecified atom stereocenters. The lowest BCUT2D eigenvalue weighted by molar-refractivity contribution is 0.352. The Labute approximate surface area is 143 Å². The highest BCUT2D eigenvalue weighted by atomic mass is 32.2. The largest absolute Gasteiger partial charge is 0.356 e. The Morgan fingerprint density at radius 2 is 2.00 bits per heavy atom. The van der Waals surface area contributed by atoms with Gasteiger partial charge in [-0.1, -0.05) is 19.1 Å². The van der Waals surface area contributed by atoms with Gasteiger partial charge in [0.25, 0.3) is 0 Å². The molecule has 0 saturated carbocycles. The third kappa shape index (κ3) is 4.06. The zero-order chi connectivity index (χ0) is 18.0. The van der Waals surface area contributed by atoms with Crippen LogP contribution in [0.25, 0.3) is 0 Å². The maximum atomic E-state index is 13.0. The van der Waals surface area contributed by atoms with Crippen LogP contribution in [0.3, 0.4) is 0 Å². The molecule has 1 aromatic carbocycles. The van der Waals surface area contributed by atoms with Crippen molar-refractivity contribution in [1.29, 1.82) is 0 Å². The van der Waals surface area contributed by atoms with Crippen molar-refractivity contribution < 1.29 is 12.8 Å². The van der Waals surface area contributed by atoms with E-state index >= 15 is 0 Å². The molecule has 0 bridgehead atoms. The Kier molecular flexibility index (Phi) is 5.52. The summed E-state index contributed by atoms with van der Waals surface area (Å²) in [7, 11) is -1.38. The molecule has 1 atom stereocenters. The molecule has 7 heteroatoms. The minimum Gasteiger partial charge on any atom is -0.356 e. The first-order valence-electron chi connectivity index (χ1n) is 8.09. The highest BCUT2D eigenvalue weighted by molar-refractivity contribution is 7.92. The van der Waals surface area contributed by atoms with Crippen molar-refractivity contribution in [3.63, 3.8) is 0 Å². The van der Waals surface area contributed by atoms with Gasteiger partial charge in [-0.2, -0.15) is 0 Å². The Hall–Kier alpha value is -1.63. The van der Waals surface area contributed by atoms with Crippen LogP contribution in [0.2, 0.25) is 0 Å². The average molecular weight is 355 g/mol. The first kappa shape index (κ1) is 18.7. The molecule has 0 radical (unpaired) electrons. The summed E-state index contributed by atoms with van der Waals surface area (Å²) < 4.78 is 36.5. The molecule has 2 rings (SSSR count). The number of hydrogen-bond donors (Lipinski definition) is 1. The van der Waals surface area contributed by atoms with E-state index in [0.29, 0.717) is 25.6 Å². The van der Waals surface area contributed by atoms with Gasteiger partial charge < -0.3 is 10.2 Å². The molecule has 0 aromatic heterocycles. The summed E-state index contributed by atoms with van der Waals surface area (Å²) in [6.45, 7) is 7.06. The number of nitrogens with zero attached hydrogens (tertiary/aromatic N) is 2. The van der Waals surface area contributed by atoms with Crippen LogP contribution in [0, 0.1) is 5.82 Å². The highest BCUT2D eigenvalue weighted by Gasteiger charge is 2.40. The molecule has 1 saturated heterocycles. The van der Waals surface area contributed by atoms with Gasteiger partial charge in [-0.15, -0.1) is 0 Å². The summed E-state index contributed by atoms with van der Waals surface area (Å²) >= 11 is 0. The molecule has 24 heavy (non-hydrogen) atoms. The molecule has 1 fully saturated rings. The number of hydrogen-bond acceptors (Lipinski definition) is 3. The second kappa shape index (κ2) is 7.09. The number of guanidine groups is 1. The van der Waals surface area contributed by atoms with E-state index in [0.717, 1.165) is 5.56 Å². The van der Waals surface area contributed by atoms with E-state index < -0.39 is 14.6 Å². The summed E-state index contributed by atoms with van der Waals surface area (Å²) in [5.74, 6) is 0.774. The molecule has 1 aliphatic rings. The SMILES string of the molecule is CN=C(NCC(C)c1ccc(F)cc1)N1CCS(=O)(=O)C(C)(C)C1. The lowest BCUT2D eigenvalue weighted by Crippen LogP contribution is -2.57. The molecular weight excluding hydrogens is 329 g/mol. The first-order valence-corrected chi connectivity index (χ1v) is 9.75. The van der Waals surface area contributed by atoms with Crippen LogP contribution in [0.5, 0.6) is 0 Å². The fourth-order valence-electron chi connectivity index (χ4n) is 2.81. The standard InChI is InChI=1S/C17H26FN3O2S/c1-13(14-5-7-15(18)8-6-14)11-20-16(19-4)21-9-10-24(22,23)17(2,3)12-21/h5-8,13H,9-12H2,1-4H3,(H,19,20). The minimum atomic E-state index is -3.07. The molecule has 1 N–H and O–H groups in total. The van der Waals surface area contributed by atoms with E-state index in [4.69, 9.17) is 0 Å². The van der Waals surface area contributed by atoms with Gasteiger partial charge in [0.15, 0.2) is 15.8 Å². The quantitative estimate of drug-likeness (QED) is 0.666. The summed E-state index contributed by atoms with van der Waals surface area (Å²) in [6.07, 6.45) is 0. The third-order valence-electron chi connectivity index (χ3n) is 4.56. The van der Waals surface area contributed by atoms with Crippen LogP contribution < -0.4 is 5.32 Å². The fraction of sp³-hybridized carbons (Fsp3) is 0.588. The average Bonchev–Trinajstić information content (AvgIpc) is 2.51. The van der Waals surface area contributed by atoms with Crippen LogP contribution in [0.15, 0.2) is 29.3 Å². The van der Waals surface area contributed by atoms with Gasteiger partial charge >= 0.3 is 0 Å². The summed E-state index contributed by atoms with van der Waals surface area (Å²) in [5, 5.41) is 3.30. The maximum absolute atomic E-state index is 13.0. The van der Waals surface area contributed by atoms with Crippen LogP contribution in [-0.4, -0.2) is 56.5 Å². The first-order chi connectivity index (χ1) is 11.2. The second-order valence-electron chi connectivity index (χ2n) is 6.88. The van der Waals surface area contributed by atoms with E-state index in [1.54, 1.807) is 33.0 Å². The lowest BCUT2D eigenvalue weighted by atomic mass is 10.0. The van der Waals surface area contributed by atoms with Crippen molar-refractivity contribution in [3.8, 4) is 0 Å². The van der Waals surface area contributed by atoms with Crippen LogP contribution in [-0.2, 0) is 9.84 Å². The van der Waals surface area contributed by atoms with E-state index in [9.17, 15) is 12.8 Å². The van der Waals surface area contributed by atoms with Gasteiger partial charge in [-0.25, -0.2) is 12.8 Å². The Balaban J connectivity index is 1.99. The zero-order valence-electron chi connectivity index (χ0n) is 14.7. The normalized spacial score (nSPS) is 21.4. The van der Waals surface area contributed by atoms with Gasteiger partial charge in [0, 0.05) is 26.7 Å². The molecular formula is C17H26FN3O2S.